The molecular weight excluding hydrogens is 830 g/mol. The lowest BCUT2D eigenvalue weighted by Crippen LogP contribution is -2.66. The van der Waals surface area contributed by atoms with E-state index in [-0.39, 0.29) is 18.9 Å². The van der Waals surface area contributed by atoms with Crippen molar-refractivity contribution in [2.45, 2.75) is 234 Å². The normalized spacial score (nSPS) is 34.9. The van der Waals surface area contributed by atoms with Crippen molar-refractivity contribution < 1.29 is 89.4 Å². The largest absolute Gasteiger partial charge is 0.394 e. The molecule has 370 valence electrons. The fourth-order valence-electron chi connectivity index (χ4n) is 8.05. The second kappa shape index (κ2) is 30.7. The molecule has 19 heteroatoms. The molecule has 0 saturated carbocycles. The third-order valence-corrected chi connectivity index (χ3v) is 12.1. The first-order valence-electron chi connectivity index (χ1n) is 23.4. The van der Waals surface area contributed by atoms with Crippen molar-refractivity contribution in [2.24, 2.45) is 0 Å². The Labute approximate surface area is 372 Å². The highest BCUT2D eigenvalue weighted by Crippen LogP contribution is 2.33. The fraction of sp³-hybridized carbons (Fsp3) is 0.932. The molecule has 3 aliphatic heterocycles. The lowest BCUT2D eigenvalue weighted by atomic mass is 9.96. The number of amides is 1. The van der Waals surface area contributed by atoms with E-state index >= 15 is 0 Å². The van der Waals surface area contributed by atoms with Gasteiger partial charge in [0, 0.05) is 6.42 Å². The van der Waals surface area contributed by atoms with Crippen molar-refractivity contribution in [3.05, 3.63) is 12.2 Å². The SMILES string of the molecule is CCCC/C=C\CCCCCCCC(=O)NC(COC1OC(CO)C(OC2OC(CO)C(OC3OC(CO)C(O)C(O)C3O)C(O)C2O)C(O)C1O)C(O)CCCCCCCCC. The maximum atomic E-state index is 13.1. The van der Waals surface area contributed by atoms with Gasteiger partial charge >= 0.3 is 0 Å². The van der Waals surface area contributed by atoms with E-state index in [0.29, 0.717) is 12.8 Å². The first kappa shape index (κ1) is 55.9. The van der Waals surface area contributed by atoms with Crippen LogP contribution in [-0.2, 0) is 33.2 Å². The van der Waals surface area contributed by atoms with E-state index < -0.39 is 124 Å². The van der Waals surface area contributed by atoms with Crippen molar-refractivity contribution in [1.29, 1.82) is 0 Å². The minimum atomic E-state index is -1.97. The van der Waals surface area contributed by atoms with Crippen LogP contribution in [0.3, 0.4) is 0 Å². The number of hydrogen-bond acceptors (Lipinski definition) is 18. The van der Waals surface area contributed by atoms with Crippen molar-refractivity contribution >= 4 is 5.91 Å². The van der Waals surface area contributed by atoms with Gasteiger partial charge in [-0.25, -0.2) is 0 Å². The fourth-order valence-corrected chi connectivity index (χ4v) is 8.05. The predicted molar refractivity (Wildman–Crippen MR) is 227 cm³/mol. The molecule has 0 aromatic rings. The zero-order chi connectivity index (χ0) is 46.3. The molecule has 0 aromatic heterocycles. The van der Waals surface area contributed by atoms with Gasteiger partial charge in [-0.2, -0.15) is 0 Å². The number of carbonyl (C=O) groups excluding carboxylic acids is 1. The Bertz CT molecular complexity index is 1230. The molecule has 3 fully saturated rings. The Kier molecular flexibility index (Phi) is 27.3. The van der Waals surface area contributed by atoms with Crippen LogP contribution in [0.4, 0.5) is 0 Å². The Morgan fingerprint density at radius 1 is 0.556 bits per heavy atom. The molecule has 0 aliphatic carbocycles. The molecule has 12 N–H and O–H groups in total. The van der Waals surface area contributed by atoms with Crippen LogP contribution in [0, 0.1) is 0 Å². The molecule has 19 nitrogen and oxygen atoms in total. The van der Waals surface area contributed by atoms with E-state index in [0.717, 1.165) is 77.0 Å². The highest BCUT2D eigenvalue weighted by atomic mass is 16.8. The number of nitrogens with one attached hydrogen (secondary N) is 1. The summed E-state index contributed by atoms with van der Waals surface area (Å²) in [6.07, 6.45) is -4.82. The van der Waals surface area contributed by atoms with Gasteiger partial charge in [0.2, 0.25) is 5.91 Å². The lowest BCUT2D eigenvalue weighted by Gasteiger charge is -2.48. The van der Waals surface area contributed by atoms with Crippen LogP contribution in [0.1, 0.15) is 129 Å². The van der Waals surface area contributed by atoms with E-state index in [1.165, 1.54) is 19.3 Å². The number of aliphatic hydroxyl groups is 11. The Morgan fingerprint density at radius 2 is 1.02 bits per heavy atom. The maximum absolute atomic E-state index is 13.1. The summed E-state index contributed by atoms with van der Waals surface area (Å²) in [7, 11) is 0. The van der Waals surface area contributed by atoms with Gasteiger partial charge in [0.25, 0.3) is 0 Å². The Balaban J connectivity index is 1.58. The number of rotatable bonds is 31. The van der Waals surface area contributed by atoms with Crippen molar-refractivity contribution in [3.63, 3.8) is 0 Å². The maximum Gasteiger partial charge on any atom is 0.220 e. The minimum absolute atomic E-state index is 0.256. The zero-order valence-electron chi connectivity index (χ0n) is 37.3. The highest BCUT2D eigenvalue weighted by molar-refractivity contribution is 5.76. The van der Waals surface area contributed by atoms with Gasteiger partial charge in [0.05, 0.1) is 38.6 Å². The molecule has 3 heterocycles. The third kappa shape index (κ3) is 17.9. The van der Waals surface area contributed by atoms with Crippen LogP contribution < -0.4 is 5.32 Å². The van der Waals surface area contributed by atoms with Crippen LogP contribution in [0.2, 0.25) is 0 Å². The number of aliphatic hydroxyl groups excluding tert-OH is 11. The van der Waals surface area contributed by atoms with Gasteiger partial charge in [0.1, 0.15) is 73.2 Å². The first-order valence-corrected chi connectivity index (χ1v) is 23.4. The quantitative estimate of drug-likeness (QED) is 0.0320. The molecule has 63 heavy (non-hydrogen) atoms. The van der Waals surface area contributed by atoms with Crippen LogP contribution in [0.15, 0.2) is 12.2 Å². The first-order chi connectivity index (χ1) is 30.3. The van der Waals surface area contributed by atoms with Crippen LogP contribution in [0.5, 0.6) is 0 Å². The summed E-state index contributed by atoms with van der Waals surface area (Å²) in [6, 6.07) is -0.882. The van der Waals surface area contributed by atoms with Crippen molar-refractivity contribution in [1.82, 2.24) is 5.32 Å². The molecule has 3 saturated heterocycles. The predicted octanol–water partition coefficient (Wildman–Crippen LogP) is -0.0852. The molecule has 17 atom stereocenters. The smallest absolute Gasteiger partial charge is 0.220 e. The number of hydrogen-bond donors (Lipinski definition) is 12. The molecule has 3 aliphatic rings. The second-order valence-corrected chi connectivity index (χ2v) is 17.2. The number of carbonyl (C=O) groups is 1. The summed E-state index contributed by atoms with van der Waals surface area (Å²) in [6.45, 7) is 1.62. The van der Waals surface area contributed by atoms with E-state index in [2.05, 4.69) is 31.3 Å². The minimum Gasteiger partial charge on any atom is -0.394 e. The average molecular weight is 912 g/mol. The van der Waals surface area contributed by atoms with Crippen LogP contribution in [-0.4, -0.2) is 193 Å². The van der Waals surface area contributed by atoms with E-state index in [1.807, 2.05) is 0 Å². The van der Waals surface area contributed by atoms with E-state index in [9.17, 15) is 61.0 Å². The molecule has 1 amide bonds. The zero-order valence-corrected chi connectivity index (χ0v) is 37.3. The van der Waals surface area contributed by atoms with Gasteiger partial charge in [-0.15, -0.1) is 0 Å². The third-order valence-electron chi connectivity index (χ3n) is 12.1. The number of unbranched alkanes of at least 4 members (excludes halogenated alkanes) is 13. The Hall–Kier alpha value is -1.47. The monoisotopic (exact) mass is 912 g/mol. The van der Waals surface area contributed by atoms with Crippen LogP contribution in [0.25, 0.3) is 0 Å². The van der Waals surface area contributed by atoms with E-state index in [4.69, 9.17) is 28.4 Å². The summed E-state index contributed by atoms with van der Waals surface area (Å²) in [5, 5.41) is 119. The van der Waals surface area contributed by atoms with Crippen molar-refractivity contribution in [3.8, 4) is 0 Å². The number of allylic oxidation sites excluding steroid dienone is 2. The molecule has 0 radical (unpaired) electrons. The number of ether oxygens (including phenoxy) is 6. The molecule has 17 unspecified atom stereocenters. The summed E-state index contributed by atoms with van der Waals surface area (Å²) >= 11 is 0. The van der Waals surface area contributed by atoms with Gasteiger partial charge < -0.3 is 89.9 Å². The summed E-state index contributed by atoms with van der Waals surface area (Å²) in [5.41, 5.74) is 0. The van der Waals surface area contributed by atoms with Gasteiger partial charge in [-0.3, -0.25) is 4.79 Å². The van der Waals surface area contributed by atoms with Gasteiger partial charge in [-0.1, -0.05) is 103 Å². The molecule has 3 rings (SSSR count). The van der Waals surface area contributed by atoms with E-state index in [1.54, 1.807) is 0 Å². The molecule has 0 spiro atoms. The van der Waals surface area contributed by atoms with Crippen LogP contribution >= 0.6 is 0 Å². The molecule has 0 bridgehead atoms. The lowest BCUT2D eigenvalue weighted by molar-refractivity contribution is -0.379. The van der Waals surface area contributed by atoms with Crippen molar-refractivity contribution in [2.75, 3.05) is 26.4 Å². The van der Waals surface area contributed by atoms with Gasteiger partial charge in [-0.05, 0) is 32.1 Å². The average Bonchev–Trinajstić information content (AvgIpc) is 3.28. The standard InChI is InChI=1S/C44H81NO18/c1-3-5-7-9-11-12-13-14-16-18-20-22-32(50)45-27(28(49)21-19-17-15-10-8-6-4-2)26-58-42-38(56)35(53)40(30(24-47)60-42)63-44-39(57)36(54)41(31(25-48)61-44)62-43-37(55)34(52)33(51)29(23-46)59-43/h9,11,27-31,33-44,46-49,51-57H,3-8,10,12-26H2,1-2H3,(H,45,50)/b11-9-. The highest BCUT2D eigenvalue weighted by Gasteiger charge is 2.53. The topological polar surface area (TPSA) is 307 Å². The summed E-state index contributed by atoms with van der Waals surface area (Å²) in [4.78, 5) is 13.1. The molecule has 0 aromatic carbocycles. The Morgan fingerprint density at radius 3 is 1.59 bits per heavy atom. The summed E-state index contributed by atoms with van der Waals surface area (Å²) < 4.78 is 34.0. The molecular formula is C44H81NO18. The summed E-state index contributed by atoms with van der Waals surface area (Å²) in [5.74, 6) is -0.261. The van der Waals surface area contributed by atoms with Gasteiger partial charge in [0.15, 0.2) is 18.9 Å². The second-order valence-electron chi connectivity index (χ2n) is 17.2.